The molecule has 0 aliphatic carbocycles. The predicted octanol–water partition coefficient (Wildman–Crippen LogP) is 1.70. The van der Waals surface area contributed by atoms with Gasteiger partial charge in [-0.3, -0.25) is 9.59 Å². The molecule has 0 heterocycles. The third-order valence-electron chi connectivity index (χ3n) is 3.64. The first-order valence-corrected chi connectivity index (χ1v) is 9.01. The van der Waals surface area contributed by atoms with Gasteiger partial charge in [0.05, 0.1) is 6.04 Å². The van der Waals surface area contributed by atoms with Crippen LogP contribution in [0.1, 0.15) is 15.9 Å². The zero-order valence-electron chi connectivity index (χ0n) is 14.0. The van der Waals surface area contributed by atoms with Crippen LogP contribution >= 0.6 is 11.8 Å². The van der Waals surface area contributed by atoms with Crippen LogP contribution in [0.25, 0.3) is 0 Å². The number of carboxylic acids is 1. The van der Waals surface area contributed by atoms with Crippen LogP contribution in [0.15, 0.2) is 60.7 Å². The van der Waals surface area contributed by atoms with Crippen molar-refractivity contribution >= 4 is 28.8 Å². The molecule has 0 fully saturated rings. The molecule has 7 heteroatoms. The Morgan fingerprint density at radius 2 is 1.58 bits per heavy atom. The first kappa shape index (κ1) is 19.7. The summed E-state index contributed by atoms with van der Waals surface area (Å²) in [4.78, 5) is 35.6. The molecule has 2 rings (SSSR count). The van der Waals surface area contributed by atoms with Crippen molar-refractivity contribution in [2.24, 2.45) is 5.73 Å². The number of hydrogen-bond acceptors (Lipinski definition) is 5. The summed E-state index contributed by atoms with van der Waals surface area (Å²) in [6.07, 6.45) is 0.301. The van der Waals surface area contributed by atoms with E-state index in [-0.39, 0.29) is 10.9 Å². The number of benzene rings is 2. The molecular formula is C19H20N2O4S. The minimum absolute atomic E-state index is 0.0765. The molecule has 0 saturated carbocycles. The van der Waals surface area contributed by atoms with E-state index in [1.54, 1.807) is 30.3 Å². The van der Waals surface area contributed by atoms with Crippen LogP contribution in [0.4, 0.5) is 0 Å². The molecule has 4 N–H and O–H groups in total. The highest BCUT2D eigenvalue weighted by atomic mass is 32.2. The van der Waals surface area contributed by atoms with Gasteiger partial charge in [-0.1, -0.05) is 72.4 Å². The van der Waals surface area contributed by atoms with E-state index in [9.17, 15) is 19.5 Å². The molecule has 0 aliphatic heterocycles. The molecule has 136 valence electrons. The molecule has 0 bridgehead atoms. The number of nitrogens with two attached hydrogens (primary N) is 1. The maximum atomic E-state index is 12.2. The second-order valence-corrected chi connectivity index (χ2v) is 6.65. The average Bonchev–Trinajstić information content (AvgIpc) is 2.65. The van der Waals surface area contributed by atoms with Crippen molar-refractivity contribution in [1.29, 1.82) is 0 Å². The van der Waals surface area contributed by atoms with Crippen molar-refractivity contribution in [3.8, 4) is 0 Å². The summed E-state index contributed by atoms with van der Waals surface area (Å²) in [7, 11) is 0. The highest BCUT2D eigenvalue weighted by Gasteiger charge is 2.24. The molecule has 1 amide bonds. The Bertz CT molecular complexity index is 753. The second-order valence-electron chi connectivity index (χ2n) is 5.66. The number of carbonyl (C=O) groups is 3. The number of carboxylic acid groups (broad SMARTS) is 1. The minimum atomic E-state index is -1.21. The molecule has 0 aromatic heterocycles. The van der Waals surface area contributed by atoms with Crippen LogP contribution in [0.2, 0.25) is 0 Å². The molecule has 0 saturated heterocycles. The first-order valence-electron chi connectivity index (χ1n) is 8.02. The molecular weight excluding hydrogens is 352 g/mol. The topological polar surface area (TPSA) is 109 Å². The van der Waals surface area contributed by atoms with Gasteiger partial charge in [-0.05, 0) is 12.0 Å². The Morgan fingerprint density at radius 3 is 2.15 bits per heavy atom. The summed E-state index contributed by atoms with van der Waals surface area (Å²) in [6.45, 7) is 0. The summed E-state index contributed by atoms with van der Waals surface area (Å²) in [6, 6.07) is 15.7. The average molecular weight is 372 g/mol. The van der Waals surface area contributed by atoms with E-state index in [4.69, 9.17) is 5.73 Å². The van der Waals surface area contributed by atoms with Crippen molar-refractivity contribution in [2.75, 3.05) is 5.75 Å². The normalized spacial score (nSPS) is 12.8. The molecule has 26 heavy (non-hydrogen) atoms. The maximum absolute atomic E-state index is 12.2. The SMILES string of the molecule is N[C@@H](Cc1ccccc1)C(=O)NC(CSC(=O)c1ccccc1)C(=O)O. The van der Waals surface area contributed by atoms with Crippen LogP contribution in [-0.2, 0) is 16.0 Å². The number of nitrogens with one attached hydrogen (secondary N) is 1. The van der Waals surface area contributed by atoms with E-state index >= 15 is 0 Å². The highest BCUT2D eigenvalue weighted by molar-refractivity contribution is 8.14. The zero-order chi connectivity index (χ0) is 18.9. The number of carbonyl (C=O) groups excluding carboxylic acids is 2. The first-order chi connectivity index (χ1) is 12.5. The van der Waals surface area contributed by atoms with Crippen LogP contribution in [-0.4, -0.2) is 39.9 Å². The van der Waals surface area contributed by atoms with Gasteiger partial charge in [0.25, 0.3) is 0 Å². The lowest BCUT2D eigenvalue weighted by Gasteiger charge is -2.17. The minimum Gasteiger partial charge on any atom is -0.480 e. The lowest BCUT2D eigenvalue weighted by molar-refractivity contribution is -0.141. The largest absolute Gasteiger partial charge is 0.480 e. The number of amides is 1. The highest BCUT2D eigenvalue weighted by Crippen LogP contribution is 2.13. The van der Waals surface area contributed by atoms with Gasteiger partial charge in [0.2, 0.25) is 11.0 Å². The number of thioether (sulfide) groups is 1. The lowest BCUT2D eigenvalue weighted by atomic mass is 10.1. The molecule has 2 aromatic carbocycles. The van der Waals surface area contributed by atoms with Gasteiger partial charge in [0.15, 0.2) is 0 Å². The number of aliphatic carboxylic acids is 1. The van der Waals surface area contributed by atoms with Crippen molar-refractivity contribution in [2.45, 2.75) is 18.5 Å². The smallest absolute Gasteiger partial charge is 0.327 e. The fraction of sp³-hybridized carbons (Fsp3) is 0.211. The number of rotatable bonds is 8. The maximum Gasteiger partial charge on any atom is 0.327 e. The standard InChI is InChI=1S/C19H20N2O4S/c20-15(11-13-7-3-1-4-8-13)17(22)21-16(18(23)24)12-26-19(25)14-9-5-2-6-10-14/h1-10,15-16H,11-12,20H2,(H,21,22)(H,23,24)/t15-,16?/m0/s1. The van der Waals surface area contributed by atoms with Gasteiger partial charge < -0.3 is 16.2 Å². The quantitative estimate of drug-likeness (QED) is 0.651. The molecule has 0 aliphatic rings. The summed E-state index contributed by atoms with van der Waals surface area (Å²) in [5.74, 6) is -1.85. The van der Waals surface area contributed by atoms with Gasteiger partial charge >= 0.3 is 5.97 Å². The van der Waals surface area contributed by atoms with E-state index in [1.807, 2.05) is 30.3 Å². The van der Waals surface area contributed by atoms with E-state index in [2.05, 4.69) is 5.32 Å². The van der Waals surface area contributed by atoms with E-state index in [1.165, 1.54) is 0 Å². The summed E-state index contributed by atoms with van der Waals surface area (Å²) in [5, 5.41) is 11.5. The monoisotopic (exact) mass is 372 g/mol. The molecule has 0 radical (unpaired) electrons. The Morgan fingerprint density at radius 1 is 1.00 bits per heavy atom. The van der Waals surface area contributed by atoms with Crippen LogP contribution in [0.3, 0.4) is 0 Å². The molecule has 6 nitrogen and oxygen atoms in total. The van der Waals surface area contributed by atoms with Gasteiger partial charge in [-0.25, -0.2) is 4.79 Å². The van der Waals surface area contributed by atoms with Gasteiger partial charge in [-0.15, -0.1) is 0 Å². The van der Waals surface area contributed by atoms with Gasteiger partial charge in [-0.2, -0.15) is 0 Å². The molecule has 2 aromatic rings. The zero-order valence-corrected chi connectivity index (χ0v) is 14.8. The van der Waals surface area contributed by atoms with Gasteiger partial charge in [0, 0.05) is 11.3 Å². The third kappa shape index (κ3) is 6.02. The van der Waals surface area contributed by atoms with Crippen molar-refractivity contribution in [1.82, 2.24) is 5.32 Å². The lowest BCUT2D eigenvalue weighted by Crippen LogP contribution is -2.50. The molecule has 2 atom stereocenters. The fourth-order valence-electron chi connectivity index (χ4n) is 2.23. The molecule has 0 spiro atoms. The van der Waals surface area contributed by atoms with E-state index < -0.39 is 24.0 Å². The van der Waals surface area contributed by atoms with Crippen LogP contribution < -0.4 is 11.1 Å². The van der Waals surface area contributed by atoms with Crippen LogP contribution in [0, 0.1) is 0 Å². The van der Waals surface area contributed by atoms with Crippen molar-refractivity contribution < 1.29 is 19.5 Å². The van der Waals surface area contributed by atoms with Crippen molar-refractivity contribution in [3.05, 3.63) is 71.8 Å². The predicted molar refractivity (Wildman–Crippen MR) is 101 cm³/mol. The third-order valence-corrected chi connectivity index (χ3v) is 4.64. The van der Waals surface area contributed by atoms with Gasteiger partial charge in [0.1, 0.15) is 6.04 Å². The van der Waals surface area contributed by atoms with Crippen molar-refractivity contribution in [3.63, 3.8) is 0 Å². The summed E-state index contributed by atoms with van der Waals surface area (Å²) in [5.41, 5.74) is 7.23. The Labute approximate surface area is 155 Å². The van der Waals surface area contributed by atoms with E-state index in [0.717, 1.165) is 17.3 Å². The number of hydrogen-bond donors (Lipinski definition) is 3. The van der Waals surface area contributed by atoms with E-state index in [0.29, 0.717) is 12.0 Å². The van der Waals surface area contributed by atoms with Crippen LogP contribution in [0.5, 0.6) is 0 Å². The second kappa shape index (κ2) is 9.74. The Kier molecular flexibility index (Phi) is 7.37. The summed E-state index contributed by atoms with van der Waals surface area (Å²) >= 11 is 0.848. The summed E-state index contributed by atoms with van der Waals surface area (Å²) < 4.78 is 0. The molecule has 1 unspecified atom stereocenters. The Balaban J connectivity index is 1.89. The Hall–Kier alpha value is -2.64. The fourth-order valence-corrected chi connectivity index (χ4v) is 3.08.